The van der Waals surface area contributed by atoms with E-state index in [-0.39, 0.29) is 30.6 Å². The number of ether oxygens (including phenoxy) is 1. The Bertz CT molecular complexity index is 594. The van der Waals surface area contributed by atoms with Gasteiger partial charge in [0.1, 0.15) is 5.75 Å². The van der Waals surface area contributed by atoms with Crippen LogP contribution < -0.4 is 15.8 Å². The molecule has 1 aromatic carbocycles. The molecule has 124 valence electrons. The molecule has 1 aliphatic rings. The van der Waals surface area contributed by atoms with E-state index in [1.807, 2.05) is 0 Å². The quantitative estimate of drug-likeness (QED) is 0.747. The van der Waals surface area contributed by atoms with Crippen molar-refractivity contribution >= 4 is 34.5 Å². The first-order chi connectivity index (χ1) is 11.1. The summed E-state index contributed by atoms with van der Waals surface area (Å²) in [5, 5.41) is 2.78. The van der Waals surface area contributed by atoms with Crippen molar-refractivity contribution in [2.24, 2.45) is 5.73 Å². The third-order valence-corrected chi connectivity index (χ3v) is 4.11. The van der Waals surface area contributed by atoms with Crippen LogP contribution in [0.2, 0.25) is 0 Å². The highest BCUT2D eigenvalue weighted by Gasteiger charge is 2.21. The molecule has 23 heavy (non-hydrogen) atoms. The van der Waals surface area contributed by atoms with Crippen LogP contribution >= 0.6 is 11.8 Å². The third kappa shape index (κ3) is 5.48. The number of carbonyl (C=O) groups is 3. The molecule has 7 nitrogen and oxygen atoms in total. The molecule has 0 unspecified atom stereocenters. The van der Waals surface area contributed by atoms with E-state index < -0.39 is 5.91 Å². The maximum Gasteiger partial charge on any atom is 0.281 e. The number of nitrogens with one attached hydrogen (secondary N) is 1. The lowest BCUT2D eigenvalue weighted by Gasteiger charge is -2.15. The lowest BCUT2D eigenvalue weighted by Crippen LogP contribution is -2.27. The minimum absolute atomic E-state index is 0.0213. The molecule has 1 fully saturated rings. The molecular formula is C15H19N3O4S. The number of nitrogens with zero attached hydrogens (tertiary/aromatic N) is 1. The second-order valence-corrected chi connectivity index (χ2v) is 6.01. The molecule has 0 atom stereocenters. The molecule has 1 aromatic rings. The first-order valence-electron chi connectivity index (χ1n) is 7.28. The molecule has 0 aliphatic carbocycles. The van der Waals surface area contributed by atoms with Crippen LogP contribution in [0.5, 0.6) is 5.75 Å². The highest BCUT2D eigenvalue weighted by Crippen LogP contribution is 2.24. The van der Waals surface area contributed by atoms with Crippen molar-refractivity contribution in [3.8, 4) is 5.75 Å². The van der Waals surface area contributed by atoms with Gasteiger partial charge in [-0.15, -0.1) is 0 Å². The monoisotopic (exact) mass is 337 g/mol. The molecule has 3 amide bonds. The summed E-state index contributed by atoms with van der Waals surface area (Å²) in [7, 11) is 0. The van der Waals surface area contributed by atoms with Crippen molar-refractivity contribution in [1.29, 1.82) is 0 Å². The first kappa shape index (κ1) is 17.1. The average molecular weight is 337 g/mol. The molecule has 1 heterocycles. The molecule has 3 N–H and O–H groups in total. The summed E-state index contributed by atoms with van der Waals surface area (Å²) in [6.45, 7) is 1.24. The lowest BCUT2D eigenvalue weighted by atomic mass is 10.2. The molecular weight excluding hydrogens is 318 g/mol. The fourth-order valence-corrected chi connectivity index (χ4v) is 2.89. The topological polar surface area (TPSA) is 102 Å². The maximum absolute atomic E-state index is 12.0. The number of thioether (sulfide) groups is 1. The molecule has 0 aromatic heterocycles. The van der Waals surface area contributed by atoms with Gasteiger partial charge in [-0.2, -0.15) is 0 Å². The van der Waals surface area contributed by atoms with E-state index in [2.05, 4.69) is 5.32 Å². The number of amides is 3. The van der Waals surface area contributed by atoms with E-state index in [4.69, 9.17) is 10.5 Å². The van der Waals surface area contributed by atoms with E-state index in [0.717, 1.165) is 5.75 Å². The number of carbonyl (C=O) groups excluding carboxylic acids is 3. The van der Waals surface area contributed by atoms with Crippen LogP contribution in [0.3, 0.4) is 0 Å². The zero-order chi connectivity index (χ0) is 16.7. The van der Waals surface area contributed by atoms with Crippen LogP contribution in [0.25, 0.3) is 0 Å². The lowest BCUT2D eigenvalue weighted by molar-refractivity contribution is -0.118. The third-order valence-electron chi connectivity index (χ3n) is 3.22. The van der Waals surface area contributed by atoms with Crippen LogP contribution in [0, 0.1) is 0 Å². The van der Waals surface area contributed by atoms with Crippen molar-refractivity contribution in [2.45, 2.75) is 12.8 Å². The van der Waals surface area contributed by atoms with Crippen molar-refractivity contribution in [3.05, 3.63) is 24.3 Å². The largest absolute Gasteiger partial charge is 0.491 e. The molecule has 0 radical (unpaired) electrons. The van der Waals surface area contributed by atoms with Gasteiger partial charge in [0, 0.05) is 25.3 Å². The first-order valence-corrected chi connectivity index (χ1v) is 8.26. The molecule has 2 rings (SSSR count). The number of anilines is 1. The minimum Gasteiger partial charge on any atom is -0.491 e. The van der Waals surface area contributed by atoms with Crippen LogP contribution in [-0.2, 0) is 9.59 Å². The van der Waals surface area contributed by atoms with Crippen LogP contribution in [0.15, 0.2) is 24.3 Å². The van der Waals surface area contributed by atoms with Gasteiger partial charge in [-0.1, -0.05) is 23.9 Å². The predicted molar refractivity (Wildman–Crippen MR) is 88.4 cm³/mol. The van der Waals surface area contributed by atoms with Gasteiger partial charge in [-0.05, 0) is 12.1 Å². The number of nitrogens with two attached hydrogens (primary N) is 1. The van der Waals surface area contributed by atoms with Gasteiger partial charge >= 0.3 is 0 Å². The normalized spacial score (nSPS) is 13.9. The summed E-state index contributed by atoms with van der Waals surface area (Å²) in [5.41, 5.74) is 5.59. The second-order valence-electron chi connectivity index (χ2n) is 4.96. The number of hydrogen-bond acceptors (Lipinski definition) is 5. The van der Waals surface area contributed by atoms with Gasteiger partial charge in [0.2, 0.25) is 11.8 Å². The highest BCUT2D eigenvalue weighted by molar-refractivity contribution is 8.13. The fourth-order valence-electron chi connectivity index (χ4n) is 2.04. The second kappa shape index (κ2) is 8.42. The Morgan fingerprint density at radius 1 is 1.30 bits per heavy atom. The fraction of sp³-hybridized carbons (Fsp3) is 0.400. The Kier molecular flexibility index (Phi) is 6.28. The summed E-state index contributed by atoms with van der Waals surface area (Å²) in [6.07, 6.45) is 0.332. The number of hydrogen-bond donors (Lipinski definition) is 2. The predicted octanol–water partition coefficient (Wildman–Crippen LogP) is 1.44. The standard InChI is InChI=1S/C15H19N3O4S/c16-13(19)6-9-22-12-4-2-1-3-11(12)17-14(20)5-7-18-8-10-23-15(18)21/h1-4H,5-10H2,(H2,16,19)(H,17,20). The van der Waals surface area contributed by atoms with Gasteiger partial charge in [-0.3, -0.25) is 14.4 Å². The zero-order valence-corrected chi connectivity index (χ0v) is 13.4. The van der Waals surface area contributed by atoms with Crippen LogP contribution in [-0.4, -0.2) is 47.4 Å². The SMILES string of the molecule is NC(=O)CCOc1ccccc1NC(=O)CCN1CCSC1=O. The Morgan fingerprint density at radius 2 is 2.09 bits per heavy atom. The summed E-state index contributed by atoms with van der Waals surface area (Å²) >= 11 is 1.27. The van der Waals surface area contributed by atoms with E-state index in [1.54, 1.807) is 29.2 Å². The van der Waals surface area contributed by atoms with Gasteiger partial charge in [0.05, 0.1) is 18.7 Å². The van der Waals surface area contributed by atoms with Gasteiger partial charge < -0.3 is 20.7 Å². The minimum atomic E-state index is -0.445. The Hall–Kier alpha value is -2.22. The molecule has 0 bridgehead atoms. The average Bonchev–Trinajstić information content (AvgIpc) is 2.92. The van der Waals surface area contributed by atoms with Gasteiger partial charge in [0.25, 0.3) is 5.24 Å². The molecule has 0 spiro atoms. The summed E-state index contributed by atoms with van der Waals surface area (Å²) in [6, 6.07) is 6.97. The molecule has 0 saturated carbocycles. The van der Waals surface area contributed by atoms with Gasteiger partial charge in [0.15, 0.2) is 0 Å². The summed E-state index contributed by atoms with van der Waals surface area (Å²) in [5.74, 6) is 0.618. The Balaban J connectivity index is 1.84. The van der Waals surface area contributed by atoms with Crippen molar-refractivity contribution < 1.29 is 19.1 Å². The molecule has 1 aliphatic heterocycles. The van der Waals surface area contributed by atoms with Crippen LogP contribution in [0.4, 0.5) is 10.5 Å². The van der Waals surface area contributed by atoms with Crippen molar-refractivity contribution in [3.63, 3.8) is 0 Å². The number of para-hydroxylation sites is 2. The number of rotatable bonds is 8. The molecule has 1 saturated heterocycles. The van der Waals surface area contributed by atoms with Crippen LogP contribution in [0.1, 0.15) is 12.8 Å². The van der Waals surface area contributed by atoms with E-state index in [9.17, 15) is 14.4 Å². The summed E-state index contributed by atoms with van der Waals surface area (Å²) < 4.78 is 5.46. The Labute approximate surface area is 138 Å². The van der Waals surface area contributed by atoms with E-state index in [1.165, 1.54) is 11.8 Å². The number of primary amides is 1. The van der Waals surface area contributed by atoms with Crippen molar-refractivity contribution in [2.75, 3.05) is 30.8 Å². The maximum atomic E-state index is 12.0. The highest BCUT2D eigenvalue weighted by atomic mass is 32.2. The van der Waals surface area contributed by atoms with Crippen molar-refractivity contribution in [1.82, 2.24) is 4.90 Å². The van der Waals surface area contributed by atoms with E-state index in [0.29, 0.717) is 24.5 Å². The number of benzene rings is 1. The van der Waals surface area contributed by atoms with Gasteiger partial charge in [-0.25, -0.2) is 0 Å². The smallest absolute Gasteiger partial charge is 0.281 e. The molecule has 8 heteroatoms. The zero-order valence-electron chi connectivity index (χ0n) is 12.6. The Morgan fingerprint density at radius 3 is 2.78 bits per heavy atom. The summed E-state index contributed by atoms with van der Waals surface area (Å²) in [4.78, 5) is 35.9. The van der Waals surface area contributed by atoms with E-state index >= 15 is 0 Å².